The molecule has 0 aliphatic heterocycles. The van der Waals surface area contributed by atoms with Gasteiger partial charge in [0, 0.05) is 22.2 Å². The number of benzene rings is 2. The first-order valence-corrected chi connectivity index (χ1v) is 7.70. The Hall–Kier alpha value is -2.28. The number of carbonyl (C=O) groups excluding carboxylic acids is 1. The first kappa shape index (κ1) is 18.1. The Morgan fingerprint density at radius 1 is 1.00 bits per heavy atom. The SMILES string of the molecule is COc1cc(OC)c(C(=O)OCc2ccc(Br)cc2F)cc1OC. The van der Waals surface area contributed by atoms with E-state index in [4.69, 9.17) is 18.9 Å². The summed E-state index contributed by atoms with van der Waals surface area (Å²) in [7, 11) is 4.36. The third-order valence-electron chi connectivity index (χ3n) is 3.30. The van der Waals surface area contributed by atoms with Crippen LogP contribution in [0.25, 0.3) is 0 Å². The van der Waals surface area contributed by atoms with Gasteiger partial charge in [-0.05, 0) is 12.1 Å². The molecule has 7 heteroatoms. The van der Waals surface area contributed by atoms with Crippen molar-refractivity contribution in [2.24, 2.45) is 0 Å². The number of carbonyl (C=O) groups is 1. The molecule has 0 N–H and O–H groups in total. The second-order valence-corrected chi connectivity index (χ2v) is 5.64. The van der Waals surface area contributed by atoms with Crippen LogP contribution in [0.3, 0.4) is 0 Å². The van der Waals surface area contributed by atoms with Crippen LogP contribution in [0.2, 0.25) is 0 Å². The molecule has 0 heterocycles. The lowest BCUT2D eigenvalue weighted by Crippen LogP contribution is -2.09. The van der Waals surface area contributed by atoms with Crippen LogP contribution >= 0.6 is 15.9 Å². The Labute approximate surface area is 147 Å². The maximum Gasteiger partial charge on any atom is 0.342 e. The summed E-state index contributed by atoms with van der Waals surface area (Å²) in [5.41, 5.74) is 0.429. The zero-order valence-corrected chi connectivity index (χ0v) is 15.0. The predicted molar refractivity (Wildman–Crippen MR) is 89.3 cm³/mol. The Morgan fingerprint density at radius 3 is 2.21 bits per heavy atom. The molecule has 0 bridgehead atoms. The van der Waals surface area contributed by atoms with Crippen LogP contribution in [0.4, 0.5) is 4.39 Å². The summed E-state index contributed by atoms with van der Waals surface area (Å²) in [6.07, 6.45) is 0. The maximum atomic E-state index is 13.8. The predicted octanol–water partition coefficient (Wildman–Crippen LogP) is 3.97. The van der Waals surface area contributed by atoms with Gasteiger partial charge < -0.3 is 18.9 Å². The highest BCUT2D eigenvalue weighted by Gasteiger charge is 2.19. The molecule has 0 aliphatic carbocycles. The Balaban J connectivity index is 2.22. The molecule has 0 spiro atoms. The van der Waals surface area contributed by atoms with Gasteiger partial charge in [-0.15, -0.1) is 0 Å². The van der Waals surface area contributed by atoms with E-state index in [1.807, 2.05) is 0 Å². The number of hydrogen-bond donors (Lipinski definition) is 0. The molecule has 0 saturated carbocycles. The average molecular weight is 399 g/mol. The summed E-state index contributed by atoms with van der Waals surface area (Å²) in [4.78, 5) is 12.3. The van der Waals surface area contributed by atoms with E-state index in [1.165, 1.54) is 39.5 Å². The van der Waals surface area contributed by atoms with Crippen LogP contribution < -0.4 is 14.2 Å². The van der Waals surface area contributed by atoms with E-state index in [9.17, 15) is 9.18 Å². The van der Waals surface area contributed by atoms with Crippen LogP contribution in [0.1, 0.15) is 15.9 Å². The molecule has 2 rings (SSSR count). The summed E-state index contributed by atoms with van der Waals surface area (Å²) < 4.78 is 35.1. The van der Waals surface area contributed by atoms with Crippen molar-refractivity contribution >= 4 is 21.9 Å². The van der Waals surface area contributed by atoms with E-state index in [2.05, 4.69) is 15.9 Å². The molecule has 0 fully saturated rings. The Kier molecular flexibility index (Phi) is 6.03. The van der Waals surface area contributed by atoms with E-state index in [0.29, 0.717) is 16.0 Å². The lowest BCUT2D eigenvalue weighted by atomic mass is 10.1. The quantitative estimate of drug-likeness (QED) is 0.689. The van der Waals surface area contributed by atoms with Crippen molar-refractivity contribution in [3.8, 4) is 17.2 Å². The van der Waals surface area contributed by atoms with Crippen LogP contribution in [0, 0.1) is 5.82 Å². The minimum Gasteiger partial charge on any atom is -0.496 e. The van der Waals surface area contributed by atoms with Gasteiger partial charge in [-0.25, -0.2) is 9.18 Å². The molecule has 2 aromatic carbocycles. The maximum absolute atomic E-state index is 13.8. The van der Waals surface area contributed by atoms with Crippen molar-refractivity contribution in [3.63, 3.8) is 0 Å². The van der Waals surface area contributed by atoms with E-state index >= 15 is 0 Å². The number of ether oxygens (including phenoxy) is 4. The van der Waals surface area contributed by atoms with Gasteiger partial charge in [-0.3, -0.25) is 0 Å². The van der Waals surface area contributed by atoms with Crippen molar-refractivity contribution < 1.29 is 28.1 Å². The minimum atomic E-state index is -0.657. The zero-order valence-electron chi connectivity index (χ0n) is 13.4. The molecule has 0 unspecified atom stereocenters. The average Bonchev–Trinajstić information content (AvgIpc) is 2.59. The normalized spacial score (nSPS) is 10.2. The van der Waals surface area contributed by atoms with E-state index < -0.39 is 11.8 Å². The zero-order chi connectivity index (χ0) is 17.7. The standard InChI is InChI=1S/C17H16BrFO5/c1-21-14-8-16(23-3)15(22-2)7-12(14)17(20)24-9-10-4-5-11(18)6-13(10)19/h4-8H,9H2,1-3H3. The third kappa shape index (κ3) is 3.97. The van der Waals surface area contributed by atoms with Gasteiger partial charge in [0.25, 0.3) is 0 Å². The lowest BCUT2D eigenvalue weighted by molar-refractivity contribution is 0.0465. The highest BCUT2D eigenvalue weighted by molar-refractivity contribution is 9.10. The van der Waals surface area contributed by atoms with E-state index in [0.717, 1.165) is 0 Å². The van der Waals surface area contributed by atoms with Gasteiger partial charge in [0.05, 0.1) is 21.3 Å². The largest absolute Gasteiger partial charge is 0.496 e. The fraction of sp³-hybridized carbons (Fsp3) is 0.235. The van der Waals surface area contributed by atoms with Crippen molar-refractivity contribution in [2.75, 3.05) is 21.3 Å². The van der Waals surface area contributed by atoms with Crippen molar-refractivity contribution in [3.05, 3.63) is 51.7 Å². The monoisotopic (exact) mass is 398 g/mol. The molecule has 0 aromatic heterocycles. The second-order valence-electron chi connectivity index (χ2n) is 4.72. The molecule has 0 aliphatic rings. The van der Waals surface area contributed by atoms with Gasteiger partial charge in [0.1, 0.15) is 23.7 Å². The van der Waals surface area contributed by atoms with Crippen LogP contribution in [0.15, 0.2) is 34.8 Å². The molecule has 0 radical (unpaired) electrons. The Morgan fingerprint density at radius 2 is 1.62 bits per heavy atom. The van der Waals surface area contributed by atoms with Crippen LogP contribution in [-0.2, 0) is 11.3 Å². The number of esters is 1. The molecule has 24 heavy (non-hydrogen) atoms. The topological polar surface area (TPSA) is 54.0 Å². The summed E-state index contributed by atoms with van der Waals surface area (Å²) in [5.74, 6) is -0.0644. The van der Waals surface area contributed by atoms with Gasteiger partial charge in [-0.1, -0.05) is 22.0 Å². The smallest absolute Gasteiger partial charge is 0.342 e. The molecular formula is C17H16BrFO5. The highest BCUT2D eigenvalue weighted by Crippen LogP contribution is 2.35. The summed E-state index contributed by atoms with van der Waals surface area (Å²) in [6, 6.07) is 7.50. The molecular weight excluding hydrogens is 383 g/mol. The van der Waals surface area contributed by atoms with Crippen LogP contribution in [-0.4, -0.2) is 27.3 Å². The lowest BCUT2D eigenvalue weighted by Gasteiger charge is -2.13. The van der Waals surface area contributed by atoms with Crippen molar-refractivity contribution in [1.82, 2.24) is 0 Å². The summed E-state index contributed by atoms with van der Waals surface area (Å²) in [5, 5.41) is 0. The van der Waals surface area contributed by atoms with Crippen molar-refractivity contribution in [2.45, 2.75) is 6.61 Å². The van der Waals surface area contributed by atoms with E-state index in [1.54, 1.807) is 12.1 Å². The van der Waals surface area contributed by atoms with Gasteiger partial charge in [0.2, 0.25) is 0 Å². The summed E-state index contributed by atoms with van der Waals surface area (Å²) >= 11 is 3.17. The number of halogens is 2. The molecule has 2 aromatic rings. The van der Waals surface area contributed by atoms with Gasteiger partial charge >= 0.3 is 5.97 Å². The molecule has 0 atom stereocenters. The molecule has 5 nitrogen and oxygen atoms in total. The third-order valence-corrected chi connectivity index (χ3v) is 3.79. The van der Waals surface area contributed by atoms with E-state index in [-0.39, 0.29) is 23.5 Å². The fourth-order valence-corrected chi connectivity index (χ4v) is 2.38. The second kappa shape index (κ2) is 8.01. The number of hydrogen-bond acceptors (Lipinski definition) is 5. The van der Waals surface area contributed by atoms with Gasteiger partial charge in [0.15, 0.2) is 11.5 Å². The first-order valence-electron chi connectivity index (χ1n) is 6.91. The van der Waals surface area contributed by atoms with Crippen molar-refractivity contribution in [1.29, 1.82) is 0 Å². The number of methoxy groups -OCH3 is 3. The first-order chi connectivity index (χ1) is 11.5. The fourth-order valence-electron chi connectivity index (χ4n) is 2.05. The molecule has 128 valence electrons. The Bertz CT molecular complexity index is 748. The molecule has 0 amide bonds. The van der Waals surface area contributed by atoms with Gasteiger partial charge in [-0.2, -0.15) is 0 Å². The number of rotatable bonds is 6. The minimum absolute atomic E-state index is 0.160. The highest BCUT2D eigenvalue weighted by atomic mass is 79.9. The molecule has 0 saturated heterocycles. The van der Waals surface area contributed by atoms with Crippen LogP contribution in [0.5, 0.6) is 17.2 Å². The summed E-state index contributed by atoms with van der Waals surface area (Å²) in [6.45, 7) is -0.199.